The van der Waals surface area contributed by atoms with Crippen molar-refractivity contribution in [3.8, 4) is 11.5 Å². The molecule has 0 bridgehead atoms. The fourth-order valence-corrected chi connectivity index (χ4v) is 10.1. The molecular formula is C16H24O2S2. The molecule has 1 saturated heterocycles. The summed E-state index contributed by atoms with van der Waals surface area (Å²) in [6, 6.07) is 1.72. The number of phenolic OH excluding ortho intramolecular Hbond substituents is 2. The predicted molar refractivity (Wildman–Crippen MR) is 91.5 cm³/mol. The Morgan fingerprint density at radius 3 is 2.65 bits per heavy atom. The molecule has 0 aromatic heterocycles. The molecule has 0 aliphatic carbocycles. The van der Waals surface area contributed by atoms with Gasteiger partial charge in [-0.1, -0.05) is 19.9 Å². The summed E-state index contributed by atoms with van der Waals surface area (Å²) in [5, 5.41) is 21.0. The van der Waals surface area contributed by atoms with Gasteiger partial charge in [0, 0.05) is 27.5 Å². The lowest BCUT2D eigenvalue weighted by molar-refractivity contribution is 0.435. The van der Waals surface area contributed by atoms with Gasteiger partial charge in [0.25, 0.3) is 0 Å². The summed E-state index contributed by atoms with van der Waals surface area (Å²) >= 11 is 0. The Morgan fingerprint density at radius 2 is 2.15 bits per heavy atom. The molecule has 112 valence electrons. The summed E-state index contributed by atoms with van der Waals surface area (Å²) in [5.74, 6) is 4.07. The van der Waals surface area contributed by atoms with Gasteiger partial charge in [-0.15, -0.1) is 17.4 Å². The number of benzene rings is 1. The Kier molecular flexibility index (Phi) is 4.65. The van der Waals surface area contributed by atoms with Crippen molar-refractivity contribution in [3.05, 3.63) is 29.8 Å². The molecule has 1 aromatic rings. The molecule has 1 atom stereocenters. The number of rotatable bonds is 4. The van der Waals surface area contributed by atoms with Gasteiger partial charge in [-0.25, -0.2) is 0 Å². The number of hydrogen-bond donors (Lipinski definition) is 2. The second kappa shape index (κ2) is 5.94. The first-order valence-corrected chi connectivity index (χ1v) is 10.5. The molecule has 1 heterocycles. The van der Waals surface area contributed by atoms with Crippen LogP contribution in [-0.4, -0.2) is 27.5 Å². The summed E-state index contributed by atoms with van der Waals surface area (Å²) in [6.07, 6.45) is 3.14. The van der Waals surface area contributed by atoms with Crippen molar-refractivity contribution in [3.63, 3.8) is 0 Å². The molecule has 0 radical (unpaired) electrons. The van der Waals surface area contributed by atoms with Crippen LogP contribution in [0.15, 0.2) is 23.6 Å². The van der Waals surface area contributed by atoms with E-state index in [-0.39, 0.29) is 5.92 Å². The molecule has 1 aliphatic heterocycles. The van der Waals surface area contributed by atoms with Gasteiger partial charge in [0.2, 0.25) is 0 Å². The first-order valence-electron chi connectivity index (χ1n) is 7.02. The van der Waals surface area contributed by atoms with Gasteiger partial charge in [-0.2, -0.15) is 9.06 Å². The summed E-state index contributed by atoms with van der Waals surface area (Å²) in [6.45, 7) is 9.91. The molecule has 2 N–H and O–H groups in total. The second-order valence-electron chi connectivity index (χ2n) is 5.59. The fourth-order valence-electron chi connectivity index (χ4n) is 2.78. The smallest absolute Gasteiger partial charge is 0.132 e. The predicted octanol–water partition coefficient (Wildman–Crippen LogP) is 4.93. The van der Waals surface area contributed by atoms with Crippen LogP contribution in [0.25, 0.3) is 0 Å². The zero-order valence-corrected chi connectivity index (χ0v) is 14.1. The summed E-state index contributed by atoms with van der Waals surface area (Å²) in [7, 11) is 0.825. The molecule has 1 fully saturated rings. The summed E-state index contributed by atoms with van der Waals surface area (Å²) < 4.78 is 0. The Bertz CT molecular complexity index is 518. The molecule has 2 rings (SSSR count). The lowest BCUT2D eigenvalue weighted by Crippen LogP contribution is -2.05. The minimum absolute atomic E-state index is 0.201. The van der Waals surface area contributed by atoms with Crippen LogP contribution in [0.2, 0.25) is 0 Å². The average molecular weight is 313 g/mol. The number of hydrogen-bond acceptors (Lipinski definition) is 3. The fraction of sp³-hybridized carbons (Fsp3) is 0.500. The lowest BCUT2D eigenvalue weighted by atomic mass is 10.00. The van der Waals surface area contributed by atoms with E-state index in [0.29, 0.717) is 11.5 Å². The highest BCUT2D eigenvalue weighted by Gasteiger charge is 2.35. The van der Waals surface area contributed by atoms with E-state index >= 15 is 0 Å². The zero-order valence-electron chi connectivity index (χ0n) is 12.5. The van der Waals surface area contributed by atoms with Crippen molar-refractivity contribution >= 4 is 19.9 Å². The van der Waals surface area contributed by atoms with E-state index in [4.69, 9.17) is 0 Å². The first kappa shape index (κ1) is 15.6. The summed E-state index contributed by atoms with van der Waals surface area (Å²) in [5.41, 5.74) is 1.70. The van der Waals surface area contributed by atoms with Crippen molar-refractivity contribution in [2.24, 2.45) is 0 Å². The Labute approximate surface area is 127 Å². The highest BCUT2D eigenvalue weighted by Crippen LogP contribution is 2.73. The van der Waals surface area contributed by atoms with Gasteiger partial charge >= 0.3 is 0 Å². The van der Waals surface area contributed by atoms with E-state index in [1.165, 1.54) is 6.42 Å². The third-order valence-corrected chi connectivity index (χ3v) is 10.9. The van der Waals surface area contributed by atoms with Crippen LogP contribution in [0.3, 0.4) is 0 Å². The lowest BCUT2D eigenvalue weighted by Gasteiger charge is -2.36. The van der Waals surface area contributed by atoms with Gasteiger partial charge < -0.3 is 10.2 Å². The SMILES string of the molecule is C=CCS1(c2c(C)c(O)cc(C(C)C)c2O)CCCS1. The molecule has 20 heavy (non-hydrogen) atoms. The maximum Gasteiger partial charge on any atom is 0.132 e. The highest BCUT2D eigenvalue weighted by atomic mass is 33.2. The van der Waals surface area contributed by atoms with Crippen molar-refractivity contribution in [1.82, 2.24) is 0 Å². The number of aromatic hydroxyl groups is 2. The van der Waals surface area contributed by atoms with Crippen LogP contribution in [0.4, 0.5) is 0 Å². The summed E-state index contributed by atoms with van der Waals surface area (Å²) in [4.78, 5) is 1.00. The van der Waals surface area contributed by atoms with E-state index in [1.807, 2.05) is 37.6 Å². The van der Waals surface area contributed by atoms with Gasteiger partial charge in [0.1, 0.15) is 11.5 Å². The van der Waals surface area contributed by atoms with E-state index in [0.717, 1.165) is 33.3 Å². The Morgan fingerprint density at radius 1 is 1.45 bits per heavy atom. The Hall–Kier alpha value is -0.740. The average Bonchev–Trinajstić information content (AvgIpc) is 2.83. The van der Waals surface area contributed by atoms with E-state index in [2.05, 4.69) is 6.58 Å². The normalized spacial score (nSPS) is 25.6. The van der Waals surface area contributed by atoms with Crippen LogP contribution in [0, 0.1) is 6.92 Å². The largest absolute Gasteiger partial charge is 0.508 e. The minimum atomic E-state index is -1.14. The minimum Gasteiger partial charge on any atom is -0.508 e. The third kappa shape index (κ3) is 2.56. The van der Waals surface area contributed by atoms with Crippen molar-refractivity contribution in [2.45, 2.75) is 38.0 Å². The Balaban J connectivity index is 2.68. The topological polar surface area (TPSA) is 40.5 Å². The van der Waals surface area contributed by atoms with Crippen LogP contribution in [0.5, 0.6) is 11.5 Å². The van der Waals surface area contributed by atoms with Crippen molar-refractivity contribution in [2.75, 3.05) is 17.3 Å². The third-order valence-electron chi connectivity index (χ3n) is 3.81. The second-order valence-corrected chi connectivity index (χ2v) is 11.6. The molecule has 1 aromatic carbocycles. The van der Waals surface area contributed by atoms with Gasteiger partial charge in [0.15, 0.2) is 0 Å². The molecule has 4 heteroatoms. The van der Waals surface area contributed by atoms with Gasteiger partial charge in [-0.3, -0.25) is 0 Å². The molecule has 2 nitrogen and oxygen atoms in total. The molecule has 0 amide bonds. The maximum absolute atomic E-state index is 10.8. The highest BCUT2D eigenvalue weighted by molar-refractivity contribution is 8.94. The number of phenols is 2. The van der Waals surface area contributed by atoms with Crippen LogP contribution >= 0.6 is 19.9 Å². The van der Waals surface area contributed by atoms with Crippen molar-refractivity contribution in [1.29, 1.82) is 0 Å². The molecule has 1 unspecified atom stereocenters. The van der Waals surface area contributed by atoms with E-state index in [1.54, 1.807) is 6.07 Å². The molecule has 0 saturated carbocycles. The standard InChI is InChI=1S/C16H24O2S2/c1-5-8-20(9-6-7-19-20)16-12(4)14(17)10-13(11(2)3)15(16)18/h5,10-11,17-18H,1,6-9H2,2-4H3. The monoisotopic (exact) mass is 312 g/mol. The molecular weight excluding hydrogens is 288 g/mol. The van der Waals surface area contributed by atoms with Crippen LogP contribution in [-0.2, 0) is 0 Å². The quantitative estimate of drug-likeness (QED) is 0.470. The first-order chi connectivity index (χ1) is 9.43. The van der Waals surface area contributed by atoms with Crippen LogP contribution < -0.4 is 0 Å². The molecule has 0 spiro atoms. The van der Waals surface area contributed by atoms with Gasteiger partial charge in [-0.05, 0) is 31.1 Å². The van der Waals surface area contributed by atoms with Gasteiger partial charge in [0.05, 0.1) is 0 Å². The zero-order chi connectivity index (χ0) is 14.9. The van der Waals surface area contributed by atoms with Crippen LogP contribution in [0.1, 0.15) is 37.3 Å². The maximum atomic E-state index is 10.8. The van der Waals surface area contributed by atoms with E-state index in [9.17, 15) is 10.2 Å². The van der Waals surface area contributed by atoms with E-state index < -0.39 is 9.06 Å². The van der Waals surface area contributed by atoms with Crippen molar-refractivity contribution < 1.29 is 10.2 Å². The molecule has 1 aliphatic rings.